The van der Waals surface area contributed by atoms with Crippen LogP contribution in [0.3, 0.4) is 0 Å². The standard InChI is InChI=1S/C10H11NO3/c1-3-9(12)7-8-5-4-6-11(8)10(13)14-2/h3-6H,1,7H2,2H3. The van der Waals surface area contributed by atoms with Gasteiger partial charge in [0.25, 0.3) is 0 Å². The summed E-state index contributed by atoms with van der Waals surface area (Å²) in [6.07, 6.45) is 2.44. The zero-order valence-electron chi connectivity index (χ0n) is 7.90. The molecular weight excluding hydrogens is 182 g/mol. The number of hydrogen-bond donors (Lipinski definition) is 0. The summed E-state index contributed by atoms with van der Waals surface area (Å²) in [5.41, 5.74) is 0.599. The molecular formula is C10H11NO3. The highest BCUT2D eigenvalue weighted by Gasteiger charge is 2.10. The normalized spacial score (nSPS) is 9.50. The van der Waals surface area contributed by atoms with Gasteiger partial charge in [-0.25, -0.2) is 4.79 Å². The van der Waals surface area contributed by atoms with Gasteiger partial charge in [0.2, 0.25) is 0 Å². The van der Waals surface area contributed by atoms with E-state index in [1.807, 2.05) is 0 Å². The minimum absolute atomic E-state index is 0.131. The van der Waals surface area contributed by atoms with Gasteiger partial charge in [-0.05, 0) is 18.2 Å². The van der Waals surface area contributed by atoms with Gasteiger partial charge in [-0.2, -0.15) is 0 Å². The van der Waals surface area contributed by atoms with E-state index in [9.17, 15) is 9.59 Å². The summed E-state index contributed by atoms with van der Waals surface area (Å²) in [5.74, 6) is -0.131. The second-order valence-corrected chi connectivity index (χ2v) is 2.69. The Balaban J connectivity index is 2.87. The van der Waals surface area contributed by atoms with E-state index in [0.717, 1.165) is 0 Å². The number of carbonyl (C=O) groups excluding carboxylic acids is 2. The molecule has 74 valence electrons. The Hall–Kier alpha value is -1.84. The summed E-state index contributed by atoms with van der Waals surface area (Å²) in [7, 11) is 1.29. The molecule has 1 aromatic heterocycles. The maximum absolute atomic E-state index is 11.2. The van der Waals surface area contributed by atoms with Crippen molar-refractivity contribution in [3.63, 3.8) is 0 Å². The summed E-state index contributed by atoms with van der Waals surface area (Å²) in [4.78, 5) is 22.2. The Kier molecular flexibility index (Phi) is 3.23. The second-order valence-electron chi connectivity index (χ2n) is 2.69. The lowest BCUT2D eigenvalue weighted by Gasteiger charge is -2.04. The molecule has 0 aliphatic carbocycles. The molecule has 0 N–H and O–H groups in total. The van der Waals surface area contributed by atoms with Crippen LogP contribution in [0.4, 0.5) is 4.79 Å². The van der Waals surface area contributed by atoms with Crippen LogP contribution in [0.15, 0.2) is 31.0 Å². The predicted octanol–water partition coefficient (Wildman–Crippen LogP) is 1.40. The number of hydrogen-bond acceptors (Lipinski definition) is 3. The molecule has 0 saturated carbocycles. The third kappa shape index (κ3) is 2.10. The Morgan fingerprint density at radius 3 is 2.93 bits per heavy atom. The smallest absolute Gasteiger partial charge is 0.417 e. The number of allylic oxidation sites excluding steroid dienone is 1. The number of ether oxygens (including phenoxy) is 1. The summed E-state index contributed by atoms with van der Waals surface area (Å²) in [6, 6.07) is 3.38. The molecule has 4 heteroatoms. The number of aromatic nitrogens is 1. The van der Waals surface area contributed by atoms with Crippen molar-refractivity contribution in [3.05, 3.63) is 36.7 Å². The van der Waals surface area contributed by atoms with E-state index in [4.69, 9.17) is 0 Å². The number of carbonyl (C=O) groups is 2. The number of rotatable bonds is 3. The Morgan fingerprint density at radius 1 is 1.64 bits per heavy atom. The molecule has 14 heavy (non-hydrogen) atoms. The highest BCUT2D eigenvalue weighted by molar-refractivity contribution is 5.91. The molecule has 0 unspecified atom stereocenters. The van der Waals surface area contributed by atoms with E-state index in [-0.39, 0.29) is 12.2 Å². The third-order valence-electron chi connectivity index (χ3n) is 1.79. The highest BCUT2D eigenvalue weighted by Crippen LogP contribution is 2.04. The van der Waals surface area contributed by atoms with Gasteiger partial charge in [-0.3, -0.25) is 9.36 Å². The van der Waals surface area contributed by atoms with Crippen LogP contribution in [0.25, 0.3) is 0 Å². The van der Waals surface area contributed by atoms with E-state index < -0.39 is 6.09 Å². The zero-order valence-corrected chi connectivity index (χ0v) is 7.90. The van der Waals surface area contributed by atoms with Crippen molar-refractivity contribution in [2.45, 2.75) is 6.42 Å². The first kappa shape index (κ1) is 10.2. The first-order chi connectivity index (χ1) is 6.69. The van der Waals surface area contributed by atoms with Gasteiger partial charge in [0.1, 0.15) is 0 Å². The minimum Gasteiger partial charge on any atom is -0.452 e. The van der Waals surface area contributed by atoms with E-state index in [1.54, 1.807) is 18.3 Å². The molecule has 1 rings (SSSR count). The largest absolute Gasteiger partial charge is 0.452 e. The molecule has 0 aromatic carbocycles. The summed E-state index contributed by atoms with van der Waals surface area (Å²) >= 11 is 0. The minimum atomic E-state index is -0.498. The molecule has 0 radical (unpaired) electrons. The Bertz CT molecular complexity index is 365. The van der Waals surface area contributed by atoms with Gasteiger partial charge in [-0.1, -0.05) is 6.58 Å². The summed E-state index contributed by atoms with van der Waals surface area (Å²) in [5, 5.41) is 0. The van der Waals surface area contributed by atoms with Gasteiger partial charge in [0.15, 0.2) is 5.78 Å². The van der Waals surface area contributed by atoms with Gasteiger partial charge in [0, 0.05) is 11.9 Å². The maximum Gasteiger partial charge on any atom is 0.417 e. The van der Waals surface area contributed by atoms with Crippen molar-refractivity contribution in [3.8, 4) is 0 Å². The summed E-state index contributed by atoms with van der Waals surface area (Å²) in [6.45, 7) is 3.36. The lowest BCUT2D eigenvalue weighted by atomic mass is 10.2. The first-order valence-corrected chi connectivity index (χ1v) is 4.09. The molecule has 4 nitrogen and oxygen atoms in total. The molecule has 0 bridgehead atoms. The molecule has 0 atom stereocenters. The lowest BCUT2D eigenvalue weighted by molar-refractivity contribution is -0.114. The molecule has 0 fully saturated rings. The van der Waals surface area contributed by atoms with Crippen molar-refractivity contribution in [1.29, 1.82) is 0 Å². The fraction of sp³-hybridized carbons (Fsp3) is 0.200. The highest BCUT2D eigenvalue weighted by atomic mass is 16.5. The van der Waals surface area contributed by atoms with Crippen LogP contribution in [0.2, 0.25) is 0 Å². The van der Waals surface area contributed by atoms with E-state index in [2.05, 4.69) is 11.3 Å². The monoisotopic (exact) mass is 193 g/mol. The van der Waals surface area contributed by atoms with Crippen molar-refractivity contribution >= 4 is 11.9 Å². The van der Waals surface area contributed by atoms with Crippen LogP contribution in [-0.4, -0.2) is 23.6 Å². The third-order valence-corrected chi connectivity index (χ3v) is 1.79. The van der Waals surface area contributed by atoms with E-state index >= 15 is 0 Å². The fourth-order valence-corrected chi connectivity index (χ4v) is 1.09. The average Bonchev–Trinajstić information content (AvgIpc) is 2.64. The molecule has 0 amide bonds. The van der Waals surface area contributed by atoms with Crippen molar-refractivity contribution < 1.29 is 14.3 Å². The zero-order chi connectivity index (χ0) is 10.6. The lowest BCUT2D eigenvalue weighted by Crippen LogP contribution is -2.15. The van der Waals surface area contributed by atoms with Gasteiger partial charge in [-0.15, -0.1) is 0 Å². The van der Waals surface area contributed by atoms with Gasteiger partial charge in [0.05, 0.1) is 13.5 Å². The van der Waals surface area contributed by atoms with E-state index in [0.29, 0.717) is 5.69 Å². The first-order valence-electron chi connectivity index (χ1n) is 4.09. The molecule has 0 aliphatic heterocycles. The number of ketones is 1. The Labute approximate surface area is 81.8 Å². The maximum atomic E-state index is 11.2. The molecule has 0 saturated heterocycles. The molecule has 1 aromatic rings. The molecule has 0 aliphatic rings. The van der Waals surface area contributed by atoms with Crippen molar-refractivity contribution in [2.24, 2.45) is 0 Å². The quantitative estimate of drug-likeness (QED) is 0.682. The Morgan fingerprint density at radius 2 is 2.36 bits per heavy atom. The van der Waals surface area contributed by atoms with Crippen LogP contribution in [0.1, 0.15) is 5.69 Å². The predicted molar refractivity (Wildman–Crippen MR) is 51.1 cm³/mol. The second kappa shape index (κ2) is 4.41. The van der Waals surface area contributed by atoms with Crippen molar-refractivity contribution in [1.82, 2.24) is 4.57 Å². The fourth-order valence-electron chi connectivity index (χ4n) is 1.09. The van der Waals surface area contributed by atoms with Crippen molar-refractivity contribution in [2.75, 3.05) is 7.11 Å². The van der Waals surface area contributed by atoms with Crippen LogP contribution in [-0.2, 0) is 16.0 Å². The van der Waals surface area contributed by atoms with Crippen LogP contribution in [0, 0.1) is 0 Å². The SMILES string of the molecule is C=CC(=O)Cc1cccn1C(=O)OC. The van der Waals surface area contributed by atoms with Gasteiger partial charge >= 0.3 is 6.09 Å². The molecule has 1 heterocycles. The van der Waals surface area contributed by atoms with Gasteiger partial charge < -0.3 is 4.74 Å². The van der Waals surface area contributed by atoms with Crippen LogP contribution >= 0.6 is 0 Å². The van der Waals surface area contributed by atoms with Crippen LogP contribution in [0.5, 0.6) is 0 Å². The van der Waals surface area contributed by atoms with E-state index in [1.165, 1.54) is 17.8 Å². The average molecular weight is 193 g/mol. The summed E-state index contributed by atoms with van der Waals surface area (Å²) < 4.78 is 5.83. The van der Waals surface area contributed by atoms with Crippen LogP contribution < -0.4 is 0 Å². The molecule has 0 spiro atoms. The topological polar surface area (TPSA) is 48.3 Å². The number of methoxy groups -OCH3 is 1. The number of nitrogens with zero attached hydrogens (tertiary/aromatic N) is 1.